The van der Waals surface area contributed by atoms with Crippen LogP contribution in [0.4, 0.5) is 13.2 Å². The Kier molecular flexibility index (Phi) is 8.26. The summed E-state index contributed by atoms with van der Waals surface area (Å²) in [6, 6.07) is 9.43. The summed E-state index contributed by atoms with van der Waals surface area (Å²) >= 11 is 0. The van der Waals surface area contributed by atoms with Crippen LogP contribution < -0.4 is 14.8 Å². The van der Waals surface area contributed by atoms with E-state index in [4.69, 9.17) is 9.47 Å². The van der Waals surface area contributed by atoms with E-state index in [0.717, 1.165) is 6.08 Å². The van der Waals surface area contributed by atoms with E-state index in [1.54, 1.807) is 30.3 Å². The molecule has 4 atom stereocenters. The van der Waals surface area contributed by atoms with Crippen molar-refractivity contribution >= 4 is 18.1 Å². The minimum Gasteiger partial charge on any atom is -0.493 e. The van der Waals surface area contributed by atoms with Crippen LogP contribution in [0.2, 0.25) is 0 Å². The summed E-state index contributed by atoms with van der Waals surface area (Å²) in [5, 5.41) is 23.0. The van der Waals surface area contributed by atoms with Crippen molar-refractivity contribution < 1.29 is 47.2 Å². The summed E-state index contributed by atoms with van der Waals surface area (Å²) in [4.78, 5) is 38.4. The van der Waals surface area contributed by atoms with E-state index < -0.39 is 55.3 Å². The summed E-state index contributed by atoms with van der Waals surface area (Å²) in [7, 11) is 1.33. The number of nitrogens with zero attached hydrogens (tertiary/aromatic N) is 1. The van der Waals surface area contributed by atoms with Gasteiger partial charge in [0.25, 0.3) is 0 Å². The zero-order valence-corrected chi connectivity index (χ0v) is 20.9. The number of nitrogens with one attached hydrogen (secondary N) is 1. The van der Waals surface area contributed by atoms with Crippen LogP contribution in [0.3, 0.4) is 0 Å². The van der Waals surface area contributed by atoms with Crippen molar-refractivity contribution in [2.75, 3.05) is 26.8 Å². The maximum atomic E-state index is 13.7. The van der Waals surface area contributed by atoms with Crippen LogP contribution >= 0.6 is 0 Å². The highest BCUT2D eigenvalue weighted by Gasteiger charge is 2.52. The van der Waals surface area contributed by atoms with E-state index in [1.807, 2.05) is 0 Å². The molecule has 1 aliphatic carbocycles. The Morgan fingerprint density at radius 3 is 2.54 bits per heavy atom. The van der Waals surface area contributed by atoms with Gasteiger partial charge in [0.15, 0.2) is 11.5 Å². The number of hydrogen-bond donors (Lipinski definition) is 3. The molecule has 1 aliphatic heterocycles. The van der Waals surface area contributed by atoms with Gasteiger partial charge in [-0.2, -0.15) is 13.2 Å². The van der Waals surface area contributed by atoms with E-state index in [-0.39, 0.29) is 35.6 Å². The molecule has 1 heterocycles. The van der Waals surface area contributed by atoms with Crippen molar-refractivity contribution in [1.29, 1.82) is 0 Å². The second-order valence-electron chi connectivity index (χ2n) is 9.20. The SMILES string of the molecule is COc1cc(C=O)cc2c1OC1C2C(C(=O)NCCO)=CC(N(CC(F)(F)F)C(=O)Cc2ccccc2)C1O. The van der Waals surface area contributed by atoms with E-state index >= 15 is 0 Å². The molecule has 2 aromatic carbocycles. The summed E-state index contributed by atoms with van der Waals surface area (Å²) in [6.45, 7) is -2.22. The van der Waals surface area contributed by atoms with Gasteiger partial charge in [-0.15, -0.1) is 0 Å². The van der Waals surface area contributed by atoms with Crippen molar-refractivity contribution in [3.63, 3.8) is 0 Å². The fourth-order valence-corrected chi connectivity index (χ4v) is 4.98. The zero-order chi connectivity index (χ0) is 28.3. The average molecular weight is 549 g/mol. The third kappa shape index (κ3) is 5.91. The van der Waals surface area contributed by atoms with Crippen LogP contribution in [0, 0.1) is 0 Å². The number of halogens is 3. The molecule has 208 valence electrons. The molecule has 2 amide bonds. The monoisotopic (exact) mass is 548 g/mol. The summed E-state index contributed by atoms with van der Waals surface area (Å²) in [5.41, 5.74) is 0.909. The van der Waals surface area contributed by atoms with Gasteiger partial charge in [0, 0.05) is 23.2 Å². The maximum absolute atomic E-state index is 13.7. The first-order valence-electron chi connectivity index (χ1n) is 12.1. The second kappa shape index (κ2) is 11.5. The average Bonchev–Trinajstić information content (AvgIpc) is 3.30. The Bertz CT molecular complexity index is 1270. The fraction of sp³-hybridized carbons (Fsp3) is 0.370. The first kappa shape index (κ1) is 28.1. The Balaban J connectivity index is 1.80. The number of carbonyl (C=O) groups is 3. The maximum Gasteiger partial charge on any atom is 0.406 e. The zero-order valence-electron chi connectivity index (χ0n) is 20.9. The van der Waals surface area contributed by atoms with E-state index in [2.05, 4.69) is 5.32 Å². The number of hydrogen-bond acceptors (Lipinski definition) is 7. The Morgan fingerprint density at radius 2 is 1.92 bits per heavy atom. The lowest BCUT2D eigenvalue weighted by molar-refractivity contribution is -0.169. The van der Waals surface area contributed by atoms with Crippen molar-refractivity contribution in [2.24, 2.45) is 0 Å². The Hall–Kier alpha value is -3.90. The highest BCUT2D eigenvalue weighted by Crippen LogP contribution is 2.51. The van der Waals surface area contributed by atoms with Crippen LogP contribution in [0.5, 0.6) is 11.5 Å². The van der Waals surface area contributed by atoms with Crippen LogP contribution in [0.25, 0.3) is 0 Å². The van der Waals surface area contributed by atoms with Gasteiger partial charge in [-0.25, -0.2) is 0 Å². The largest absolute Gasteiger partial charge is 0.493 e. The van der Waals surface area contributed by atoms with E-state index in [1.165, 1.54) is 19.2 Å². The van der Waals surface area contributed by atoms with Crippen LogP contribution in [0.15, 0.2) is 54.1 Å². The number of fused-ring (bicyclic) bond motifs is 3. The summed E-state index contributed by atoms with van der Waals surface area (Å²) in [5.74, 6) is -2.38. The quantitative estimate of drug-likeness (QED) is 0.408. The molecule has 0 aromatic heterocycles. The Morgan fingerprint density at radius 1 is 1.21 bits per heavy atom. The van der Waals surface area contributed by atoms with Gasteiger partial charge < -0.3 is 29.9 Å². The lowest BCUT2D eigenvalue weighted by Crippen LogP contribution is -2.57. The van der Waals surface area contributed by atoms with E-state index in [9.17, 15) is 37.8 Å². The minimum atomic E-state index is -4.81. The predicted octanol–water partition coefficient (Wildman–Crippen LogP) is 1.76. The number of benzene rings is 2. The van der Waals surface area contributed by atoms with Crippen molar-refractivity contribution in [1.82, 2.24) is 10.2 Å². The number of alkyl halides is 3. The number of ether oxygens (including phenoxy) is 2. The molecule has 0 saturated carbocycles. The number of methoxy groups -OCH3 is 1. The molecule has 3 N–H and O–H groups in total. The molecule has 4 unspecified atom stereocenters. The molecule has 0 bridgehead atoms. The number of aliphatic hydroxyl groups excluding tert-OH is 2. The minimum absolute atomic E-state index is 0.0766. The van der Waals surface area contributed by atoms with Gasteiger partial charge in [-0.1, -0.05) is 30.3 Å². The molecule has 12 heteroatoms. The van der Waals surface area contributed by atoms with Crippen molar-refractivity contribution in [3.05, 3.63) is 70.8 Å². The first-order valence-corrected chi connectivity index (χ1v) is 12.1. The molecule has 0 fully saturated rings. The molecule has 2 aromatic rings. The number of carbonyl (C=O) groups excluding carboxylic acids is 3. The molecule has 2 aliphatic rings. The van der Waals surface area contributed by atoms with Crippen molar-refractivity contribution in [2.45, 2.75) is 36.8 Å². The van der Waals surface area contributed by atoms with Crippen LogP contribution in [-0.2, 0) is 16.0 Å². The second-order valence-corrected chi connectivity index (χ2v) is 9.20. The molecule has 0 spiro atoms. The number of aliphatic hydroxyl groups is 2. The van der Waals surface area contributed by atoms with Gasteiger partial charge in [0.1, 0.15) is 25.0 Å². The highest BCUT2D eigenvalue weighted by molar-refractivity contribution is 5.96. The van der Waals surface area contributed by atoms with Gasteiger partial charge in [0.05, 0.1) is 32.1 Å². The predicted molar refractivity (Wildman–Crippen MR) is 131 cm³/mol. The standard InChI is InChI=1S/C27H27F3N2O7/c1-38-20-10-16(13-34)9-17-22-18(26(37)31-7-8-33)12-19(23(36)25(22)39-24(17)20)32(14-27(28,29)30)21(35)11-15-5-3-2-4-6-15/h2-6,9-10,12-13,19,22-23,25,33,36H,7-8,11,14H2,1H3,(H,31,37). The molecule has 0 radical (unpaired) electrons. The lowest BCUT2D eigenvalue weighted by Gasteiger charge is -2.41. The third-order valence-electron chi connectivity index (χ3n) is 6.64. The van der Waals surface area contributed by atoms with Crippen molar-refractivity contribution in [3.8, 4) is 11.5 Å². The summed E-state index contributed by atoms with van der Waals surface area (Å²) in [6.07, 6.45) is -6.44. The fourth-order valence-electron chi connectivity index (χ4n) is 4.98. The van der Waals surface area contributed by atoms with Gasteiger partial charge >= 0.3 is 6.18 Å². The molecular weight excluding hydrogens is 521 g/mol. The topological polar surface area (TPSA) is 125 Å². The van der Waals surface area contributed by atoms with E-state index in [0.29, 0.717) is 22.3 Å². The third-order valence-corrected chi connectivity index (χ3v) is 6.64. The first-order chi connectivity index (χ1) is 18.6. The van der Waals surface area contributed by atoms with Crippen LogP contribution in [0.1, 0.15) is 27.4 Å². The highest BCUT2D eigenvalue weighted by atomic mass is 19.4. The summed E-state index contributed by atoms with van der Waals surface area (Å²) < 4.78 is 52.3. The molecule has 0 saturated heterocycles. The molecule has 4 rings (SSSR count). The molecule has 39 heavy (non-hydrogen) atoms. The number of aldehydes is 1. The lowest BCUT2D eigenvalue weighted by atomic mass is 9.77. The number of rotatable bonds is 9. The number of amides is 2. The molecule has 9 nitrogen and oxygen atoms in total. The van der Waals surface area contributed by atoms with Gasteiger partial charge in [-0.05, 0) is 23.8 Å². The van der Waals surface area contributed by atoms with Gasteiger partial charge in [0.2, 0.25) is 11.8 Å². The normalized spacial score (nSPS) is 21.6. The smallest absolute Gasteiger partial charge is 0.406 e. The van der Waals surface area contributed by atoms with Gasteiger partial charge in [-0.3, -0.25) is 14.4 Å². The Labute approximate surface area is 221 Å². The van der Waals surface area contributed by atoms with Crippen LogP contribution in [-0.4, -0.2) is 84.4 Å². The molecular formula is C27H27F3N2O7.